The highest BCUT2D eigenvalue weighted by Crippen LogP contribution is 2.36. The first-order valence-electron chi connectivity index (χ1n) is 5.23. The second-order valence-corrected chi connectivity index (χ2v) is 4.33. The zero-order chi connectivity index (χ0) is 12.3. The third-order valence-electron chi connectivity index (χ3n) is 2.59. The van der Waals surface area contributed by atoms with Crippen LogP contribution < -0.4 is 0 Å². The fraction of sp³-hybridized carbons (Fsp3) is 0.500. The van der Waals surface area contributed by atoms with Crippen LogP contribution in [0.25, 0.3) is 0 Å². The van der Waals surface area contributed by atoms with E-state index in [0.717, 1.165) is 24.5 Å². The number of benzene rings is 1. The second kappa shape index (κ2) is 5.09. The lowest BCUT2D eigenvalue weighted by atomic mass is 9.95. The molecule has 0 N–H and O–H groups in total. The fourth-order valence-corrected chi connectivity index (χ4v) is 1.96. The molecule has 0 heterocycles. The zero-order valence-electron chi connectivity index (χ0n) is 9.24. The van der Waals surface area contributed by atoms with Gasteiger partial charge in [-0.2, -0.15) is 13.2 Å². The Bertz CT molecular complexity index is 358. The highest BCUT2D eigenvalue weighted by Gasteiger charge is 2.33. The molecule has 0 fully saturated rings. The maximum atomic E-state index is 12.4. The molecule has 0 aliphatic heterocycles. The maximum Gasteiger partial charge on any atom is 0.417 e. The molecule has 0 saturated carbocycles. The summed E-state index contributed by atoms with van der Waals surface area (Å²) in [6.07, 6.45) is -2.43. The van der Waals surface area contributed by atoms with Gasteiger partial charge in [-0.1, -0.05) is 37.9 Å². The number of alkyl halides is 3. The Morgan fingerprint density at radius 3 is 2.38 bits per heavy atom. The summed E-state index contributed by atoms with van der Waals surface area (Å²) >= 11 is 5.64. The predicted molar refractivity (Wildman–Crippen MR) is 59.8 cm³/mol. The summed E-state index contributed by atoms with van der Waals surface area (Å²) in [5.74, 6) is 0.241. The van der Waals surface area contributed by atoms with Crippen molar-refractivity contribution in [2.24, 2.45) is 0 Å². The summed E-state index contributed by atoms with van der Waals surface area (Å²) in [5, 5.41) is -0.215. The molecular weight excluding hydrogens is 237 g/mol. The molecule has 0 spiro atoms. The molecule has 1 aromatic carbocycles. The van der Waals surface area contributed by atoms with E-state index in [1.54, 1.807) is 0 Å². The van der Waals surface area contributed by atoms with Crippen LogP contribution in [0.15, 0.2) is 18.2 Å². The molecule has 0 amide bonds. The molecule has 0 bridgehead atoms. The number of halogens is 4. The van der Waals surface area contributed by atoms with Crippen LogP contribution in [0.3, 0.4) is 0 Å². The monoisotopic (exact) mass is 250 g/mol. The lowest BCUT2D eigenvalue weighted by Gasteiger charge is -2.14. The molecule has 0 aliphatic rings. The van der Waals surface area contributed by atoms with Crippen LogP contribution in [0, 0.1) is 0 Å². The van der Waals surface area contributed by atoms with Gasteiger partial charge >= 0.3 is 6.18 Å². The molecule has 0 aliphatic carbocycles. The quantitative estimate of drug-likeness (QED) is 0.686. The van der Waals surface area contributed by atoms with Crippen molar-refractivity contribution in [1.82, 2.24) is 0 Å². The Labute approximate surface area is 98.4 Å². The van der Waals surface area contributed by atoms with Gasteiger partial charge in [0.05, 0.1) is 10.6 Å². The number of hydrogen-bond acceptors (Lipinski definition) is 0. The highest BCUT2D eigenvalue weighted by atomic mass is 35.5. The Morgan fingerprint density at radius 1 is 1.31 bits per heavy atom. The smallest absolute Gasteiger partial charge is 0.166 e. The van der Waals surface area contributed by atoms with E-state index in [9.17, 15) is 13.2 Å². The van der Waals surface area contributed by atoms with E-state index < -0.39 is 11.7 Å². The molecule has 1 atom stereocenters. The summed E-state index contributed by atoms with van der Waals surface area (Å²) in [7, 11) is 0. The average Bonchev–Trinajstić information content (AvgIpc) is 2.16. The van der Waals surface area contributed by atoms with Crippen molar-refractivity contribution in [3.8, 4) is 0 Å². The van der Waals surface area contributed by atoms with E-state index in [1.807, 2.05) is 13.8 Å². The van der Waals surface area contributed by atoms with Crippen LogP contribution >= 0.6 is 11.6 Å². The van der Waals surface area contributed by atoms with Crippen molar-refractivity contribution in [3.05, 3.63) is 34.3 Å². The Balaban J connectivity index is 3.00. The molecule has 16 heavy (non-hydrogen) atoms. The van der Waals surface area contributed by atoms with Crippen molar-refractivity contribution >= 4 is 11.6 Å². The molecule has 0 saturated heterocycles. The van der Waals surface area contributed by atoms with E-state index in [2.05, 4.69) is 0 Å². The lowest BCUT2D eigenvalue weighted by Crippen LogP contribution is -2.06. The van der Waals surface area contributed by atoms with Crippen LogP contribution in [0.5, 0.6) is 0 Å². The molecule has 90 valence electrons. The molecule has 0 aromatic heterocycles. The summed E-state index contributed by atoms with van der Waals surface area (Å²) in [4.78, 5) is 0. The molecule has 1 unspecified atom stereocenters. The van der Waals surface area contributed by atoms with Crippen molar-refractivity contribution in [2.75, 3.05) is 0 Å². The molecule has 0 radical (unpaired) electrons. The summed E-state index contributed by atoms with van der Waals surface area (Å²) in [6, 6.07) is 3.99. The minimum atomic E-state index is -4.37. The SMILES string of the molecule is CCCC(C)c1ccc(C(F)(F)F)c(Cl)c1. The van der Waals surface area contributed by atoms with E-state index in [-0.39, 0.29) is 10.9 Å². The fourth-order valence-electron chi connectivity index (χ4n) is 1.67. The topological polar surface area (TPSA) is 0 Å². The van der Waals surface area contributed by atoms with E-state index >= 15 is 0 Å². The van der Waals surface area contributed by atoms with Crippen LogP contribution in [0.1, 0.15) is 43.7 Å². The van der Waals surface area contributed by atoms with Crippen LogP contribution in [0.2, 0.25) is 5.02 Å². The molecule has 0 nitrogen and oxygen atoms in total. The lowest BCUT2D eigenvalue weighted by molar-refractivity contribution is -0.137. The summed E-state index contributed by atoms with van der Waals surface area (Å²) < 4.78 is 37.3. The molecule has 1 aromatic rings. The zero-order valence-corrected chi connectivity index (χ0v) is 9.99. The van der Waals surface area contributed by atoms with Crippen molar-refractivity contribution in [1.29, 1.82) is 0 Å². The first-order chi connectivity index (χ1) is 7.36. The third-order valence-corrected chi connectivity index (χ3v) is 2.90. The van der Waals surface area contributed by atoms with Gasteiger partial charge in [0.25, 0.3) is 0 Å². The van der Waals surface area contributed by atoms with Gasteiger partial charge in [0.2, 0.25) is 0 Å². The maximum absolute atomic E-state index is 12.4. The predicted octanol–water partition coefficient (Wildman–Crippen LogP) is 5.26. The number of rotatable bonds is 3. The first-order valence-corrected chi connectivity index (χ1v) is 5.60. The van der Waals surface area contributed by atoms with Crippen LogP contribution in [-0.2, 0) is 6.18 Å². The van der Waals surface area contributed by atoms with Crippen molar-refractivity contribution in [2.45, 2.75) is 38.8 Å². The minimum absolute atomic E-state index is 0.215. The summed E-state index contributed by atoms with van der Waals surface area (Å²) in [5.41, 5.74) is 0.0986. The molecule has 1 rings (SSSR count). The van der Waals surface area contributed by atoms with Gasteiger partial charge in [-0.05, 0) is 30.0 Å². The van der Waals surface area contributed by atoms with E-state index in [1.165, 1.54) is 12.1 Å². The Morgan fingerprint density at radius 2 is 1.94 bits per heavy atom. The Kier molecular flexibility index (Phi) is 4.25. The third kappa shape index (κ3) is 3.14. The largest absolute Gasteiger partial charge is 0.417 e. The van der Waals surface area contributed by atoms with Crippen molar-refractivity contribution in [3.63, 3.8) is 0 Å². The normalized spacial score (nSPS) is 13.9. The van der Waals surface area contributed by atoms with E-state index in [0.29, 0.717) is 0 Å². The van der Waals surface area contributed by atoms with E-state index in [4.69, 9.17) is 11.6 Å². The Hall–Kier alpha value is -0.700. The minimum Gasteiger partial charge on any atom is -0.166 e. The van der Waals surface area contributed by atoms with Gasteiger partial charge < -0.3 is 0 Å². The first kappa shape index (κ1) is 13.4. The van der Waals surface area contributed by atoms with Crippen LogP contribution in [0.4, 0.5) is 13.2 Å². The van der Waals surface area contributed by atoms with Crippen molar-refractivity contribution < 1.29 is 13.2 Å². The second-order valence-electron chi connectivity index (χ2n) is 3.93. The number of hydrogen-bond donors (Lipinski definition) is 0. The van der Waals surface area contributed by atoms with Gasteiger partial charge in [-0.15, -0.1) is 0 Å². The van der Waals surface area contributed by atoms with Gasteiger partial charge in [-0.25, -0.2) is 0 Å². The summed E-state index contributed by atoms with van der Waals surface area (Å²) in [6.45, 7) is 4.03. The van der Waals surface area contributed by atoms with Gasteiger partial charge in [-0.3, -0.25) is 0 Å². The van der Waals surface area contributed by atoms with Gasteiger partial charge in [0, 0.05) is 0 Å². The van der Waals surface area contributed by atoms with Gasteiger partial charge in [0.15, 0.2) is 0 Å². The average molecular weight is 251 g/mol. The van der Waals surface area contributed by atoms with Crippen LogP contribution in [-0.4, -0.2) is 0 Å². The molecular formula is C12H14ClF3. The van der Waals surface area contributed by atoms with Gasteiger partial charge in [0.1, 0.15) is 0 Å². The molecule has 4 heteroatoms. The highest BCUT2D eigenvalue weighted by molar-refractivity contribution is 6.31. The standard InChI is InChI=1S/C12H14ClF3/c1-3-4-8(2)9-5-6-10(11(13)7-9)12(14,15)16/h5-8H,3-4H2,1-2H3.